The number of ether oxygens (including phenoxy) is 6. The Balaban J connectivity index is 1.23. The molecule has 0 bridgehead atoms. The zero-order valence-corrected chi connectivity index (χ0v) is 33.8. The number of esters is 1. The number of carbonyl (C=O) groups is 2. The van der Waals surface area contributed by atoms with Crippen LogP contribution in [0.2, 0.25) is 5.02 Å². The molecule has 1 fully saturated rings. The lowest BCUT2D eigenvalue weighted by Crippen LogP contribution is -2.32. The fourth-order valence-corrected chi connectivity index (χ4v) is 7.89. The van der Waals surface area contributed by atoms with Gasteiger partial charge in [0.2, 0.25) is 12.0 Å². The fraction of sp³-hybridized carbons (Fsp3) is 0.273. The van der Waals surface area contributed by atoms with Gasteiger partial charge in [0.15, 0.2) is 12.1 Å². The summed E-state index contributed by atoms with van der Waals surface area (Å²) in [7, 11) is 1.59. The molecule has 4 heterocycles. The van der Waals surface area contributed by atoms with Gasteiger partial charge in [-0.2, -0.15) is 0 Å². The van der Waals surface area contributed by atoms with E-state index in [-0.39, 0.29) is 25.5 Å². The van der Waals surface area contributed by atoms with Gasteiger partial charge in [-0.3, -0.25) is 4.79 Å². The summed E-state index contributed by atoms with van der Waals surface area (Å²) in [5.74, 6) is 7.27. The standard InChI is InChI=1S/C44H39ClN4O8S/c1-5-10-36-37(30-14-15-32(39(45)26(30)3)44-54-19-9-20-55-44)38-41(47-25-48-42(38)58-36)57-35(43(51)53-6-2)22-28-21-27(23-50)13-16-33(28)56-24-29-17-18-46-40(49-29)31-11-7-8-12-34(31)52-4/h7-8,11-18,21,23,25,35,44H,6,9,19-20,22,24H2,1-4H3/t35-/m1/s1. The first-order valence-electron chi connectivity index (χ1n) is 18.6. The highest BCUT2D eigenvalue weighted by Crippen LogP contribution is 2.45. The van der Waals surface area contributed by atoms with Crippen molar-refractivity contribution in [2.45, 2.75) is 52.6 Å². The molecule has 14 heteroatoms. The van der Waals surface area contributed by atoms with E-state index in [9.17, 15) is 9.59 Å². The molecule has 7 rings (SSSR count). The third-order valence-corrected chi connectivity index (χ3v) is 10.8. The maximum Gasteiger partial charge on any atom is 0.347 e. The van der Waals surface area contributed by atoms with E-state index in [0.717, 1.165) is 39.8 Å². The number of rotatable bonds is 14. The molecule has 0 saturated carbocycles. The van der Waals surface area contributed by atoms with Crippen LogP contribution in [0.3, 0.4) is 0 Å². The number of carbonyl (C=O) groups excluding carboxylic acids is 2. The van der Waals surface area contributed by atoms with E-state index >= 15 is 0 Å². The molecule has 0 radical (unpaired) electrons. The molecule has 0 unspecified atom stereocenters. The number of halogens is 1. The van der Waals surface area contributed by atoms with Crippen molar-refractivity contribution in [2.24, 2.45) is 0 Å². The Labute approximate surface area is 344 Å². The number of hydrogen-bond donors (Lipinski definition) is 0. The molecular weight excluding hydrogens is 780 g/mol. The van der Waals surface area contributed by atoms with Crippen molar-refractivity contribution >= 4 is 45.4 Å². The summed E-state index contributed by atoms with van der Waals surface area (Å²) in [5.41, 5.74) is 5.25. The molecule has 1 saturated heterocycles. The van der Waals surface area contributed by atoms with E-state index in [4.69, 9.17) is 45.0 Å². The predicted molar refractivity (Wildman–Crippen MR) is 219 cm³/mol. The summed E-state index contributed by atoms with van der Waals surface area (Å²) >= 11 is 8.39. The molecule has 0 spiro atoms. The zero-order chi connectivity index (χ0) is 40.6. The van der Waals surface area contributed by atoms with Crippen LogP contribution in [-0.2, 0) is 32.0 Å². The molecule has 6 aromatic rings. The zero-order valence-electron chi connectivity index (χ0n) is 32.2. The molecule has 1 aliphatic rings. The molecule has 0 N–H and O–H groups in total. The van der Waals surface area contributed by atoms with Gasteiger partial charge in [0.05, 0.1) is 53.5 Å². The molecule has 0 amide bonds. The molecule has 3 aromatic heterocycles. The summed E-state index contributed by atoms with van der Waals surface area (Å²) in [6.07, 6.45) is 2.76. The predicted octanol–water partition coefficient (Wildman–Crippen LogP) is 8.54. The Hall–Kier alpha value is -5.91. The Morgan fingerprint density at radius 1 is 1.05 bits per heavy atom. The lowest BCUT2D eigenvalue weighted by Gasteiger charge is -2.25. The van der Waals surface area contributed by atoms with Crippen molar-refractivity contribution in [3.05, 3.63) is 111 Å². The van der Waals surface area contributed by atoms with Gasteiger partial charge in [-0.15, -0.1) is 17.3 Å². The summed E-state index contributed by atoms with van der Waals surface area (Å²) < 4.78 is 35.6. The van der Waals surface area contributed by atoms with Gasteiger partial charge in [0, 0.05) is 29.3 Å². The monoisotopic (exact) mass is 818 g/mol. The number of fused-ring (bicyclic) bond motifs is 1. The van der Waals surface area contributed by atoms with Crippen molar-refractivity contribution in [3.8, 4) is 51.7 Å². The second-order valence-corrected chi connectivity index (χ2v) is 14.4. The van der Waals surface area contributed by atoms with Crippen LogP contribution >= 0.6 is 22.9 Å². The van der Waals surface area contributed by atoms with E-state index in [0.29, 0.717) is 68.2 Å². The number of aromatic nitrogens is 4. The maximum absolute atomic E-state index is 13.7. The third-order valence-electron chi connectivity index (χ3n) is 9.32. The second-order valence-electron chi connectivity index (χ2n) is 13.0. The molecule has 58 heavy (non-hydrogen) atoms. The van der Waals surface area contributed by atoms with Crippen molar-refractivity contribution < 1.29 is 38.0 Å². The smallest absolute Gasteiger partial charge is 0.347 e. The quantitative estimate of drug-likeness (QED) is 0.0591. The topological polar surface area (TPSA) is 141 Å². The van der Waals surface area contributed by atoms with Gasteiger partial charge in [-0.05, 0) is 80.3 Å². The summed E-state index contributed by atoms with van der Waals surface area (Å²) in [4.78, 5) is 45.3. The van der Waals surface area contributed by atoms with Gasteiger partial charge >= 0.3 is 5.97 Å². The first-order chi connectivity index (χ1) is 28.3. The Morgan fingerprint density at radius 3 is 2.66 bits per heavy atom. The summed E-state index contributed by atoms with van der Waals surface area (Å²) in [6.45, 7) is 6.72. The molecule has 0 aliphatic carbocycles. The van der Waals surface area contributed by atoms with Crippen molar-refractivity contribution in [2.75, 3.05) is 26.9 Å². The molecule has 1 atom stereocenters. The average molecular weight is 819 g/mol. The number of para-hydroxylation sites is 1. The number of nitrogens with zero attached hydrogens (tertiary/aromatic N) is 4. The largest absolute Gasteiger partial charge is 0.496 e. The van der Waals surface area contributed by atoms with Crippen LogP contribution in [0.25, 0.3) is 32.7 Å². The van der Waals surface area contributed by atoms with E-state index in [1.807, 2.05) is 43.3 Å². The summed E-state index contributed by atoms with van der Waals surface area (Å²) in [6, 6.07) is 18.0. The minimum Gasteiger partial charge on any atom is -0.496 e. The lowest BCUT2D eigenvalue weighted by molar-refractivity contribution is -0.182. The van der Waals surface area contributed by atoms with Gasteiger partial charge in [-0.1, -0.05) is 41.8 Å². The number of methoxy groups -OCH3 is 1. The Morgan fingerprint density at radius 2 is 1.88 bits per heavy atom. The number of hydrogen-bond acceptors (Lipinski definition) is 13. The van der Waals surface area contributed by atoms with Crippen LogP contribution in [0.1, 0.15) is 64.2 Å². The van der Waals surface area contributed by atoms with Gasteiger partial charge in [0.1, 0.15) is 35.5 Å². The van der Waals surface area contributed by atoms with E-state index in [2.05, 4.69) is 26.8 Å². The van der Waals surface area contributed by atoms with E-state index < -0.39 is 18.4 Å². The number of aldehydes is 1. The van der Waals surface area contributed by atoms with Crippen molar-refractivity contribution in [1.82, 2.24) is 19.9 Å². The molecule has 3 aromatic carbocycles. The minimum absolute atomic E-state index is 0.0282. The van der Waals surface area contributed by atoms with Gasteiger partial charge < -0.3 is 28.4 Å². The first kappa shape index (κ1) is 40.3. The molecule has 12 nitrogen and oxygen atoms in total. The fourth-order valence-electron chi connectivity index (χ4n) is 6.58. The van der Waals surface area contributed by atoms with Crippen LogP contribution in [0, 0.1) is 18.8 Å². The van der Waals surface area contributed by atoms with Crippen LogP contribution in [0.4, 0.5) is 0 Å². The van der Waals surface area contributed by atoms with Gasteiger partial charge in [-0.25, -0.2) is 24.7 Å². The molecular formula is C44H39ClN4O8S. The van der Waals surface area contributed by atoms with Crippen LogP contribution in [-0.4, -0.2) is 65.2 Å². The average Bonchev–Trinajstić information content (AvgIpc) is 3.62. The second kappa shape index (κ2) is 18.6. The van der Waals surface area contributed by atoms with Crippen molar-refractivity contribution in [3.63, 3.8) is 0 Å². The number of benzene rings is 3. The van der Waals surface area contributed by atoms with Crippen LogP contribution < -0.4 is 14.2 Å². The SMILES string of the molecule is CC#Cc1sc2ncnc(O[C@H](Cc3cc(C=O)ccc3OCc3ccnc(-c4ccccc4OC)n3)C(=O)OCC)c2c1-c1ccc(C2OCCCO2)c(Cl)c1C. The minimum atomic E-state index is -1.21. The third kappa shape index (κ3) is 8.66. The van der Waals surface area contributed by atoms with Crippen molar-refractivity contribution in [1.29, 1.82) is 0 Å². The van der Waals surface area contributed by atoms with Crippen LogP contribution in [0.5, 0.6) is 17.4 Å². The van der Waals surface area contributed by atoms with E-state index in [1.54, 1.807) is 51.4 Å². The lowest BCUT2D eigenvalue weighted by atomic mass is 9.96. The van der Waals surface area contributed by atoms with E-state index in [1.165, 1.54) is 17.7 Å². The maximum atomic E-state index is 13.7. The summed E-state index contributed by atoms with van der Waals surface area (Å²) in [5, 5.41) is 1.06. The van der Waals surface area contributed by atoms with Gasteiger partial charge in [0.25, 0.3) is 0 Å². The molecule has 1 aliphatic heterocycles. The highest BCUT2D eigenvalue weighted by molar-refractivity contribution is 7.19. The highest BCUT2D eigenvalue weighted by Gasteiger charge is 2.30. The number of thiophene rings is 1. The molecule has 296 valence electrons. The highest BCUT2D eigenvalue weighted by atomic mass is 35.5. The Kier molecular flexibility index (Phi) is 12.9. The van der Waals surface area contributed by atoms with Crippen LogP contribution in [0.15, 0.2) is 73.2 Å². The Bertz CT molecular complexity index is 2530. The normalized spacial score (nSPS) is 13.3. The first-order valence-corrected chi connectivity index (χ1v) is 19.7.